The smallest absolute Gasteiger partial charge is 0.142 e. The summed E-state index contributed by atoms with van der Waals surface area (Å²) in [6.07, 6.45) is 4.85. The third-order valence-electron chi connectivity index (χ3n) is 7.72. The van der Waals surface area contributed by atoms with Gasteiger partial charge in [0.2, 0.25) is 0 Å². The number of hydrogen-bond acceptors (Lipinski definition) is 6. The Balaban J connectivity index is 1.28. The van der Waals surface area contributed by atoms with E-state index in [1.54, 1.807) is 24.4 Å². The lowest BCUT2D eigenvalue weighted by atomic mass is 9.96. The van der Waals surface area contributed by atoms with Gasteiger partial charge < -0.3 is 14.6 Å². The van der Waals surface area contributed by atoms with E-state index in [1.165, 1.54) is 12.3 Å². The third kappa shape index (κ3) is 5.91. The van der Waals surface area contributed by atoms with Gasteiger partial charge in [0.1, 0.15) is 36.1 Å². The number of nitrogens with zero attached hydrogens (tertiary/aromatic N) is 3. The van der Waals surface area contributed by atoms with Crippen molar-refractivity contribution in [2.75, 3.05) is 13.1 Å². The van der Waals surface area contributed by atoms with E-state index in [4.69, 9.17) is 21.1 Å². The number of aliphatic hydroxyl groups excluding tert-OH is 1. The van der Waals surface area contributed by atoms with Crippen LogP contribution in [0.3, 0.4) is 0 Å². The highest BCUT2D eigenvalue weighted by atomic mass is 35.5. The first-order valence-corrected chi connectivity index (χ1v) is 14.1. The summed E-state index contributed by atoms with van der Waals surface area (Å²) in [7, 11) is 0. The highest BCUT2D eigenvalue weighted by Gasteiger charge is 2.29. The van der Waals surface area contributed by atoms with Crippen molar-refractivity contribution in [2.45, 2.75) is 44.6 Å². The van der Waals surface area contributed by atoms with E-state index >= 15 is 0 Å². The molecule has 4 aromatic rings. The number of aromatic nitrogens is 1. The molecule has 208 valence electrons. The number of β-amino-alcohol motifs (C(OH)–C–C–N with tert-alkyl or cyclic N) is 1. The Hall–Kier alpha value is -3.96. The van der Waals surface area contributed by atoms with Gasteiger partial charge in [-0.1, -0.05) is 48.0 Å². The van der Waals surface area contributed by atoms with Crippen LogP contribution >= 0.6 is 11.6 Å². The topological polar surface area (TPSA) is 78.6 Å². The molecular weight excluding hydrogens is 541 g/mol. The van der Waals surface area contributed by atoms with Crippen LogP contribution in [0.2, 0.25) is 5.02 Å². The van der Waals surface area contributed by atoms with Crippen molar-refractivity contribution in [3.05, 3.63) is 112 Å². The molecule has 6 rings (SSSR count). The fourth-order valence-electron chi connectivity index (χ4n) is 5.73. The lowest BCUT2D eigenvalue weighted by Gasteiger charge is -2.22. The van der Waals surface area contributed by atoms with E-state index in [0.29, 0.717) is 40.7 Å². The maximum atomic E-state index is 14.6. The van der Waals surface area contributed by atoms with Crippen LogP contribution in [-0.4, -0.2) is 34.2 Å². The zero-order valence-corrected chi connectivity index (χ0v) is 23.1. The Bertz CT molecular complexity index is 1620. The second-order valence-corrected chi connectivity index (χ2v) is 11.0. The SMILES string of the molecule is N#Cc1cncc(COc2cc(O[C@H]3CCc4c(-c5ccccc5F)cccc43)c(Cl)cc2CN2CC[C@@H](O)C2)c1. The van der Waals surface area contributed by atoms with E-state index in [9.17, 15) is 14.8 Å². The molecule has 2 atom stereocenters. The first-order chi connectivity index (χ1) is 20.0. The summed E-state index contributed by atoms with van der Waals surface area (Å²) in [6, 6.07) is 20.3. The van der Waals surface area contributed by atoms with Crippen LogP contribution in [0.25, 0.3) is 11.1 Å². The molecule has 2 heterocycles. The number of rotatable bonds is 8. The quantitative estimate of drug-likeness (QED) is 0.257. The van der Waals surface area contributed by atoms with E-state index in [-0.39, 0.29) is 24.6 Å². The molecule has 1 aliphatic carbocycles. The van der Waals surface area contributed by atoms with Crippen LogP contribution in [-0.2, 0) is 19.6 Å². The van der Waals surface area contributed by atoms with E-state index in [0.717, 1.165) is 53.6 Å². The summed E-state index contributed by atoms with van der Waals surface area (Å²) in [4.78, 5) is 6.30. The number of ether oxygens (including phenoxy) is 2. The zero-order chi connectivity index (χ0) is 28.3. The molecule has 0 saturated carbocycles. The number of nitriles is 1. The highest BCUT2D eigenvalue weighted by molar-refractivity contribution is 6.32. The number of likely N-dealkylation sites (tertiary alicyclic amines) is 1. The first kappa shape index (κ1) is 27.2. The number of benzene rings is 3. The van der Waals surface area contributed by atoms with Crippen LogP contribution in [0.1, 0.15) is 46.8 Å². The van der Waals surface area contributed by atoms with Gasteiger partial charge in [0.25, 0.3) is 0 Å². The molecular formula is C33H29ClFN3O3. The monoisotopic (exact) mass is 569 g/mol. The first-order valence-electron chi connectivity index (χ1n) is 13.7. The van der Waals surface area contributed by atoms with Gasteiger partial charge in [0.05, 0.1) is 16.7 Å². The Morgan fingerprint density at radius 1 is 1.05 bits per heavy atom. The average Bonchev–Trinajstić information content (AvgIpc) is 3.59. The van der Waals surface area contributed by atoms with Crippen LogP contribution in [0.15, 0.2) is 73.1 Å². The van der Waals surface area contributed by atoms with Crippen molar-refractivity contribution in [1.82, 2.24) is 9.88 Å². The Labute approximate surface area is 243 Å². The summed E-state index contributed by atoms with van der Waals surface area (Å²) >= 11 is 6.78. The largest absolute Gasteiger partial charge is 0.488 e. The molecule has 3 aromatic carbocycles. The van der Waals surface area contributed by atoms with Gasteiger partial charge in [-0.3, -0.25) is 9.88 Å². The molecule has 2 aliphatic rings. The minimum Gasteiger partial charge on any atom is -0.488 e. The lowest BCUT2D eigenvalue weighted by Crippen LogP contribution is -2.22. The van der Waals surface area contributed by atoms with Gasteiger partial charge in [0, 0.05) is 54.8 Å². The van der Waals surface area contributed by atoms with Gasteiger partial charge in [-0.25, -0.2) is 4.39 Å². The molecule has 41 heavy (non-hydrogen) atoms. The van der Waals surface area contributed by atoms with E-state index in [2.05, 4.69) is 16.0 Å². The molecule has 0 spiro atoms. The normalized spacial score (nSPS) is 18.2. The predicted molar refractivity (Wildman–Crippen MR) is 154 cm³/mol. The molecule has 1 N–H and O–H groups in total. The molecule has 1 saturated heterocycles. The molecule has 1 fully saturated rings. The van der Waals surface area contributed by atoms with Crippen molar-refractivity contribution in [3.63, 3.8) is 0 Å². The summed E-state index contributed by atoms with van der Waals surface area (Å²) in [5, 5.41) is 19.7. The maximum Gasteiger partial charge on any atom is 0.142 e. The molecule has 1 aliphatic heterocycles. The van der Waals surface area contributed by atoms with E-state index in [1.807, 2.05) is 36.4 Å². The van der Waals surface area contributed by atoms with Crippen LogP contribution in [0, 0.1) is 17.1 Å². The molecule has 0 bridgehead atoms. The van der Waals surface area contributed by atoms with Gasteiger partial charge in [-0.2, -0.15) is 5.26 Å². The zero-order valence-electron chi connectivity index (χ0n) is 22.4. The Morgan fingerprint density at radius 3 is 2.71 bits per heavy atom. The molecule has 0 amide bonds. The number of aliphatic hydroxyl groups is 1. The number of fused-ring (bicyclic) bond motifs is 1. The van der Waals surface area contributed by atoms with Crippen molar-refractivity contribution in [3.8, 4) is 28.7 Å². The molecule has 8 heteroatoms. The van der Waals surface area contributed by atoms with Crippen molar-refractivity contribution in [1.29, 1.82) is 5.26 Å². The minimum absolute atomic E-state index is 0.220. The van der Waals surface area contributed by atoms with Crippen molar-refractivity contribution >= 4 is 11.6 Å². The van der Waals surface area contributed by atoms with E-state index < -0.39 is 0 Å². The Morgan fingerprint density at radius 2 is 1.90 bits per heavy atom. The predicted octanol–water partition coefficient (Wildman–Crippen LogP) is 6.62. The summed E-state index contributed by atoms with van der Waals surface area (Å²) < 4.78 is 27.4. The maximum absolute atomic E-state index is 14.6. The number of halogens is 2. The second kappa shape index (κ2) is 11.9. The van der Waals surface area contributed by atoms with Crippen LogP contribution < -0.4 is 9.47 Å². The van der Waals surface area contributed by atoms with Gasteiger partial charge in [0.15, 0.2) is 0 Å². The average molecular weight is 570 g/mol. The molecule has 1 aromatic heterocycles. The van der Waals surface area contributed by atoms with Crippen molar-refractivity contribution in [2.24, 2.45) is 0 Å². The Kier molecular flexibility index (Phi) is 7.89. The molecule has 0 unspecified atom stereocenters. The summed E-state index contributed by atoms with van der Waals surface area (Å²) in [5.41, 5.74) is 5.71. The fraction of sp³-hybridized carbons (Fsp3) is 0.273. The standard InChI is InChI=1S/C33H29ClFN3O3/c34-29-13-23(18-38-11-10-24(39)19-38)32(40-20-22-12-21(15-36)16-37-17-22)14-33(29)41-31-9-8-26-25(5-3-6-28(26)31)27-4-1-2-7-30(27)35/h1-7,12-14,16-17,24,31,39H,8-11,18-20H2/t24-,31+/m1/s1. The van der Waals surface area contributed by atoms with Gasteiger partial charge >= 0.3 is 0 Å². The summed E-state index contributed by atoms with van der Waals surface area (Å²) in [5.74, 6) is 0.878. The summed E-state index contributed by atoms with van der Waals surface area (Å²) in [6.45, 7) is 2.17. The van der Waals surface area contributed by atoms with Crippen LogP contribution in [0.4, 0.5) is 4.39 Å². The van der Waals surface area contributed by atoms with Crippen molar-refractivity contribution < 1.29 is 19.0 Å². The highest BCUT2D eigenvalue weighted by Crippen LogP contribution is 2.43. The second-order valence-electron chi connectivity index (χ2n) is 10.5. The third-order valence-corrected chi connectivity index (χ3v) is 8.02. The lowest BCUT2D eigenvalue weighted by molar-refractivity contribution is 0.174. The molecule has 0 radical (unpaired) electrons. The number of hydrogen-bond donors (Lipinski definition) is 1. The van der Waals surface area contributed by atoms with Gasteiger partial charge in [-0.05, 0) is 54.2 Å². The number of pyridine rings is 1. The van der Waals surface area contributed by atoms with Gasteiger partial charge in [-0.15, -0.1) is 0 Å². The molecule has 6 nitrogen and oxygen atoms in total. The fourth-order valence-corrected chi connectivity index (χ4v) is 5.96. The minimum atomic E-state index is -0.339. The van der Waals surface area contributed by atoms with Crippen LogP contribution in [0.5, 0.6) is 11.5 Å².